The second kappa shape index (κ2) is 11.7. The fraction of sp³-hybridized carbons (Fsp3) is 0.714. The maximum Gasteiger partial charge on any atom is 0.305 e. The van der Waals surface area contributed by atoms with E-state index >= 15 is 0 Å². The van der Waals surface area contributed by atoms with Crippen LogP contribution < -0.4 is 0 Å². The Morgan fingerprint density at radius 2 is 1.95 bits per heavy atom. The standard InChI is InChI=1S/C14H24N2O6/c1-15(22-3)13(17)10-9-12(11-16(19)20)7-5-4-6-8-14(18)21-2/h9-10,12H,4-8,11H2,1-3H3/b10-9+/t12-/m0/s1. The fourth-order valence-corrected chi connectivity index (χ4v) is 1.81. The summed E-state index contributed by atoms with van der Waals surface area (Å²) in [6.07, 6.45) is 5.98. The molecule has 0 fully saturated rings. The van der Waals surface area contributed by atoms with Gasteiger partial charge >= 0.3 is 5.97 Å². The molecule has 0 saturated carbocycles. The molecule has 0 aliphatic carbocycles. The van der Waals surface area contributed by atoms with Gasteiger partial charge in [-0.05, 0) is 12.8 Å². The van der Waals surface area contributed by atoms with Crippen LogP contribution in [0.1, 0.15) is 32.1 Å². The van der Waals surface area contributed by atoms with Gasteiger partial charge in [-0.15, -0.1) is 0 Å². The number of hydrogen-bond acceptors (Lipinski definition) is 6. The molecular weight excluding hydrogens is 292 g/mol. The number of rotatable bonds is 11. The van der Waals surface area contributed by atoms with Gasteiger partial charge < -0.3 is 4.74 Å². The number of unbranched alkanes of at least 4 members (excludes halogenated alkanes) is 2. The first-order valence-electron chi connectivity index (χ1n) is 7.09. The van der Waals surface area contributed by atoms with Gasteiger partial charge in [0.15, 0.2) is 0 Å². The summed E-state index contributed by atoms with van der Waals surface area (Å²) in [6, 6.07) is 0. The zero-order valence-electron chi connectivity index (χ0n) is 13.3. The van der Waals surface area contributed by atoms with Crippen LogP contribution in [0.2, 0.25) is 0 Å². The van der Waals surface area contributed by atoms with Gasteiger partial charge in [-0.3, -0.25) is 24.5 Å². The molecule has 0 aromatic carbocycles. The van der Waals surface area contributed by atoms with Crippen molar-refractivity contribution < 1.29 is 24.1 Å². The van der Waals surface area contributed by atoms with Crippen LogP contribution in [0, 0.1) is 16.0 Å². The van der Waals surface area contributed by atoms with Crippen molar-refractivity contribution in [2.75, 3.05) is 27.8 Å². The summed E-state index contributed by atoms with van der Waals surface area (Å²) in [5.74, 6) is -0.946. The van der Waals surface area contributed by atoms with Crippen molar-refractivity contribution in [3.05, 3.63) is 22.3 Å². The molecule has 0 N–H and O–H groups in total. The molecule has 8 nitrogen and oxygen atoms in total. The zero-order chi connectivity index (χ0) is 17.0. The van der Waals surface area contributed by atoms with Gasteiger partial charge in [0, 0.05) is 30.4 Å². The second-order valence-corrected chi connectivity index (χ2v) is 4.83. The molecule has 0 aliphatic rings. The number of ether oxygens (including phenoxy) is 1. The summed E-state index contributed by atoms with van der Waals surface area (Å²) in [5.41, 5.74) is 0. The lowest BCUT2D eigenvalue weighted by atomic mass is 10.00. The average Bonchev–Trinajstić information content (AvgIpc) is 2.49. The van der Waals surface area contributed by atoms with Crippen LogP contribution in [0.4, 0.5) is 0 Å². The number of hydroxylamine groups is 2. The average molecular weight is 316 g/mol. The molecule has 0 aromatic heterocycles. The Morgan fingerprint density at radius 1 is 1.27 bits per heavy atom. The minimum Gasteiger partial charge on any atom is -0.469 e. The van der Waals surface area contributed by atoms with Gasteiger partial charge in [0.1, 0.15) is 0 Å². The number of nitro groups is 1. The van der Waals surface area contributed by atoms with E-state index in [1.165, 1.54) is 27.3 Å². The van der Waals surface area contributed by atoms with Gasteiger partial charge in [-0.1, -0.05) is 18.9 Å². The number of hydrogen-bond donors (Lipinski definition) is 0. The highest BCUT2D eigenvalue weighted by molar-refractivity contribution is 5.86. The highest BCUT2D eigenvalue weighted by Gasteiger charge is 2.13. The number of nitrogens with zero attached hydrogens (tertiary/aromatic N) is 2. The Kier molecular flexibility index (Phi) is 10.6. The summed E-state index contributed by atoms with van der Waals surface area (Å²) < 4.78 is 4.54. The Bertz CT molecular complexity index is 397. The van der Waals surface area contributed by atoms with Gasteiger partial charge in [-0.25, -0.2) is 5.06 Å². The van der Waals surface area contributed by atoms with Crippen LogP contribution in [0.5, 0.6) is 0 Å². The lowest BCUT2D eigenvalue weighted by Gasteiger charge is -2.11. The molecule has 0 bridgehead atoms. The van der Waals surface area contributed by atoms with Crippen molar-refractivity contribution in [1.82, 2.24) is 5.06 Å². The number of amides is 1. The molecule has 0 rings (SSSR count). The molecule has 0 aromatic rings. The fourth-order valence-electron chi connectivity index (χ4n) is 1.81. The van der Waals surface area contributed by atoms with Crippen LogP contribution in [-0.2, 0) is 19.2 Å². The zero-order valence-corrected chi connectivity index (χ0v) is 13.3. The van der Waals surface area contributed by atoms with E-state index in [-0.39, 0.29) is 24.3 Å². The van der Waals surface area contributed by atoms with Crippen molar-refractivity contribution in [2.24, 2.45) is 5.92 Å². The first-order valence-corrected chi connectivity index (χ1v) is 7.09. The van der Waals surface area contributed by atoms with Gasteiger partial charge in [0.2, 0.25) is 6.54 Å². The SMILES string of the molecule is COC(=O)CCCCC[C@@H](/C=C/C(=O)N(C)OC)C[N+](=O)[O-]. The maximum absolute atomic E-state index is 11.5. The first-order chi connectivity index (χ1) is 10.4. The summed E-state index contributed by atoms with van der Waals surface area (Å²) in [7, 11) is 4.16. The van der Waals surface area contributed by atoms with Crippen molar-refractivity contribution in [2.45, 2.75) is 32.1 Å². The summed E-state index contributed by atoms with van der Waals surface area (Å²) in [4.78, 5) is 37.5. The monoisotopic (exact) mass is 316 g/mol. The normalized spacial score (nSPS) is 12.1. The largest absolute Gasteiger partial charge is 0.469 e. The van der Waals surface area contributed by atoms with Crippen molar-refractivity contribution in [3.63, 3.8) is 0 Å². The topological polar surface area (TPSA) is 99.0 Å². The van der Waals surface area contributed by atoms with Gasteiger partial charge in [0.05, 0.1) is 14.2 Å². The molecule has 8 heteroatoms. The third kappa shape index (κ3) is 9.87. The molecule has 1 atom stereocenters. The van der Waals surface area contributed by atoms with E-state index in [0.29, 0.717) is 19.3 Å². The third-order valence-corrected chi connectivity index (χ3v) is 3.16. The summed E-state index contributed by atoms with van der Waals surface area (Å²) in [6.45, 7) is -0.225. The number of esters is 1. The van der Waals surface area contributed by atoms with E-state index in [1.54, 1.807) is 6.08 Å². The molecule has 126 valence electrons. The van der Waals surface area contributed by atoms with E-state index < -0.39 is 4.92 Å². The van der Waals surface area contributed by atoms with Gasteiger partial charge in [-0.2, -0.15) is 0 Å². The molecular formula is C14H24N2O6. The number of methoxy groups -OCH3 is 1. The molecule has 0 heterocycles. The Hall–Kier alpha value is -1.96. The quantitative estimate of drug-likeness (QED) is 0.189. The smallest absolute Gasteiger partial charge is 0.305 e. The Morgan fingerprint density at radius 3 is 2.50 bits per heavy atom. The minimum atomic E-state index is -0.395. The number of carbonyl (C=O) groups excluding carboxylic acids is 2. The maximum atomic E-state index is 11.5. The molecule has 0 aliphatic heterocycles. The van der Waals surface area contributed by atoms with E-state index in [2.05, 4.69) is 4.74 Å². The summed E-state index contributed by atoms with van der Waals surface area (Å²) >= 11 is 0. The van der Waals surface area contributed by atoms with E-state index in [4.69, 9.17) is 4.84 Å². The van der Waals surface area contributed by atoms with Crippen LogP contribution in [0.15, 0.2) is 12.2 Å². The molecule has 0 radical (unpaired) electrons. The highest BCUT2D eigenvalue weighted by atomic mass is 16.7. The predicted octanol–water partition coefficient (Wildman–Crippen LogP) is 1.58. The van der Waals surface area contributed by atoms with E-state index in [1.807, 2.05) is 0 Å². The molecule has 0 saturated heterocycles. The van der Waals surface area contributed by atoms with Crippen molar-refractivity contribution in [1.29, 1.82) is 0 Å². The van der Waals surface area contributed by atoms with Crippen molar-refractivity contribution in [3.8, 4) is 0 Å². The highest BCUT2D eigenvalue weighted by Crippen LogP contribution is 2.13. The molecule has 0 unspecified atom stereocenters. The minimum absolute atomic E-state index is 0.225. The number of carbonyl (C=O) groups is 2. The van der Waals surface area contributed by atoms with Crippen molar-refractivity contribution >= 4 is 11.9 Å². The lowest BCUT2D eigenvalue weighted by molar-refractivity contribution is -0.486. The second-order valence-electron chi connectivity index (χ2n) is 4.83. The molecule has 0 spiro atoms. The van der Waals surface area contributed by atoms with Crippen LogP contribution in [0.25, 0.3) is 0 Å². The first kappa shape index (κ1) is 20.0. The lowest BCUT2D eigenvalue weighted by Crippen LogP contribution is -2.23. The number of likely N-dealkylation sites (N-methyl/N-ethyl adjacent to an activating group) is 1. The van der Waals surface area contributed by atoms with Gasteiger partial charge in [0.25, 0.3) is 5.91 Å². The molecule has 1 amide bonds. The predicted molar refractivity (Wildman–Crippen MR) is 79.4 cm³/mol. The Labute approximate surface area is 130 Å². The molecule has 22 heavy (non-hydrogen) atoms. The van der Waals surface area contributed by atoms with Crippen LogP contribution in [0.3, 0.4) is 0 Å². The Balaban J connectivity index is 4.23. The third-order valence-electron chi connectivity index (χ3n) is 3.16. The van der Waals surface area contributed by atoms with Crippen LogP contribution in [-0.4, -0.2) is 49.7 Å². The van der Waals surface area contributed by atoms with Crippen LogP contribution >= 0.6 is 0 Å². The van der Waals surface area contributed by atoms with E-state index in [0.717, 1.165) is 17.9 Å². The summed E-state index contributed by atoms with van der Waals surface area (Å²) in [5, 5.41) is 11.7. The van der Waals surface area contributed by atoms with E-state index in [9.17, 15) is 19.7 Å².